The van der Waals surface area contributed by atoms with Crippen molar-refractivity contribution in [3.63, 3.8) is 0 Å². The van der Waals surface area contributed by atoms with Crippen LogP contribution in [0.2, 0.25) is 0 Å². The Morgan fingerprint density at radius 2 is 0.949 bits per heavy atom. The van der Waals surface area contributed by atoms with Crippen molar-refractivity contribution in [2.24, 2.45) is 5.41 Å². The highest BCUT2D eigenvalue weighted by Crippen LogP contribution is 2.60. The van der Waals surface area contributed by atoms with Gasteiger partial charge in [-0.2, -0.15) is 0 Å². The number of unbranched alkanes of at least 4 members (excludes halogenated alkanes) is 6. The van der Waals surface area contributed by atoms with Crippen LogP contribution < -0.4 is 0 Å². The second kappa shape index (κ2) is 14.0. The summed E-state index contributed by atoms with van der Waals surface area (Å²) in [5, 5.41) is 0. The van der Waals surface area contributed by atoms with Crippen LogP contribution in [0.1, 0.15) is 164 Å². The van der Waals surface area contributed by atoms with Gasteiger partial charge in [0.2, 0.25) is 0 Å². The maximum atomic E-state index is 2.63. The predicted molar refractivity (Wildman–Crippen MR) is 174 cm³/mol. The van der Waals surface area contributed by atoms with Crippen LogP contribution in [0.25, 0.3) is 12.2 Å². The van der Waals surface area contributed by atoms with Crippen molar-refractivity contribution in [1.82, 2.24) is 0 Å². The summed E-state index contributed by atoms with van der Waals surface area (Å²) in [6.45, 7) is 14.5. The van der Waals surface area contributed by atoms with E-state index in [0.717, 1.165) is 0 Å². The summed E-state index contributed by atoms with van der Waals surface area (Å²) >= 11 is 0. The maximum Gasteiger partial charge on any atom is 0.0118 e. The Bertz CT molecular complexity index is 1050. The minimum atomic E-state index is 0.125. The smallest absolute Gasteiger partial charge is 0.0118 e. The van der Waals surface area contributed by atoms with Gasteiger partial charge in [0, 0.05) is 11.8 Å². The van der Waals surface area contributed by atoms with Crippen molar-refractivity contribution in [3.05, 3.63) is 80.9 Å². The molecule has 2 aliphatic rings. The first-order valence-electron chi connectivity index (χ1n) is 16.6. The van der Waals surface area contributed by atoms with Gasteiger partial charge in [0.05, 0.1) is 0 Å². The quantitative estimate of drug-likeness (QED) is 0.192. The van der Waals surface area contributed by atoms with E-state index in [1.807, 2.05) is 0 Å². The van der Waals surface area contributed by atoms with Crippen LogP contribution in [0.3, 0.4) is 0 Å². The minimum Gasteiger partial charge on any atom is -0.0654 e. The lowest BCUT2D eigenvalue weighted by Crippen LogP contribution is -2.30. The average molecular weight is 525 g/mol. The van der Waals surface area contributed by atoms with E-state index in [1.165, 1.54) is 89.9 Å². The molecule has 0 heterocycles. The molecular weight excluding hydrogens is 468 g/mol. The van der Waals surface area contributed by atoms with Crippen LogP contribution in [-0.4, -0.2) is 0 Å². The van der Waals surface area contributed by atoms with Gasteiger partial charge >= 0.3 is 0 Å². The Morgan fingerprint density at radius 3 is 1.33 bits per heavy atom. The molecule has 0 radical (unpaired) electrons. The Morgan fingerprint density at radius 1 is 0.513 bits per heavy atom. The summed E-state index contributed by atoms with van der Waals surface area (Å²) < 4.78 is 0. The zero-order valence-corrected chi connectivity index (χ0v) is 26.2. The second-order valence-electron chi connectivity index (χ2n) is 13.1. The SMILES string of the molecule is CCCCCCc1cccc2c1C=C(CCC)C2C(C)(C)C1C(CCC)=Cc2c(CCCCCC)cccc21. The summed E-state index contributed by atoms with van der Waals surface area (Å²) in [5.41, 5.74) is 13.0. The lowest BCUT2D eigenvalue weighted by Gasteiger charge is -2.42. The van der Waals surface area contributed by atoms with Crippen LogP contribution in [0, 0.1) is 5.41 Å². The van der Waals surface area contributed by atoms with Gasteiger partial charge in [-0.15, -0.1) is 0 Å². The Balaban J connectivity index is 1.71. The van der Waals surface area contributed by atoms with Crippen LogP contribution in [0.15, 0.2) is 47.5 Å². The van der Waals surface area contributed by atoms with Crippen LogP contribution in [0.4, 0.5) is 0 Å². The van der Waals surface area contributed by atoms with Gasteiger partial charge in [0.15, 0.2) is 0 Å². The van der Waals surface area contributed by atoms with Crippen LogP contribution in [0.5, 0.6) is 0 Å². The number of fused-ring (bicyclic) bond motifs is 2. The summed E-state index contributed by atoms with van der Waals surface area (Å²) in [5.74, 6) is 0.986. The molecule has 0 amide bonds. The number of allylic oxidation sites excluding steroid dienone is 2. The van der Waals surface area contributed by atoms with Crippen molar-refractivity contribution in [2.45, 2.75) is 143 Å². The summed E-state index contributed by atoms with van der Waals surface area (Å²) in [6, 6.07) is 14.5. The third-order valence-corrected chi connectivity index (χ3v) is 9.65. The van der Waals surface area contributed by atoms with E-state index < -0.39 is 0 Å². The highest BCUT2D eigenvalue weighted by atomic mass is 14.5. The highest BCUT2D eigenvalue weighted by molar-refractivity contribution is 5.73. The molecule has 2 unspecified atom stereocenters. The predicted octanol–water partition coefficient (Wildman–Crippen LogP) is 12.2. The molecule has 0 saturated carbocycles. The van der Waals surface area contributed by atoms with E-state index in [2.05, 4.69) is 90.1 Å². The summed E-state index contributed by atoms with van der Waals surface area (Å²) in [4.78, 5) is 0. The topological polar surface area (TPSA) is 0 Å². The fourth-order valence-electron chi connectivity index (χ4n) is 7.91. The minimum absolute atomic E-state index is 0.125. The van der Waals surface area contributed by atoms with Gasteiger partial charge in [-0.3, -0.25) is 0 Å². The first kappa shape index (κ1) is 29.9. The van der Waals surface area contributed by atoms with E-state index in [4.69, 9.17) is 0 Å². The van der Waals surface area contributed by atoms with Crippen molar-refractivity contribution in [2.75, 3.05) is 0 Å². The molecule has 4 rings (SSSR count). The molecule has 0 saturated heterocycles. The molecule has 2 aliphatic carbocycles. The normalized spacial score (nSPS) is 18.2. The molecule has 0 aromatic heterocycles. The number of hydrogen-bond donors (Lipinski definition) is 0. The number of hydrogen-bond acceptors (Lipinski definition) is 0. The van der Waals surface area contributed by atoms with E-state index in [1.54, 1.807) is 44.5 Å². The first-order valence-corrected chi connectivity index (χ1v) is 16.6. The first-order chi connectivity index (χ1) is 19.0. The van der Waals surface area contributed by atoms with Gasteiger partial charge in [0.25, 0.3) is 0 Å². The molecule has 0 bridgehead atoms. The molecule has 2 aromatic rings. The van der Waals surface area contributed by atoms with Crippen molar-refractivity contribution in [3.8, 4) is 0 Å². The van der Waals surface area contributed by atoms with Crippen molar-refractivity contribution in [1.29, 1.82) is 0 Å². The lowest BCUT2D eigenvalue weighted by molar-refractivity contribution is 0.268. The molecule has 0 nitrogen and oxygen atoms in total. The zero-order valence-electron chi connectivity index (χ0n) is 26.2. The van der Waals surface area contributed by atoms with E-state index >= 15 is 0 Å². The Kier molecular flexibility index (Phi) is 10.7. The number of aryl methyl sites for hydroxylation is 2. The lowest BCUT2D eigenvalue weighted by atomic mass is 9.61. The summed E-state index contributed by atoms with van der Waals surface area (Å²) in [7, 11) is 0. The fraction of sp³-hybridized carbons (Fsp3) is 0.590. The molecule has 0 aliphatic heterocycles. The largest absolute Gasteiger partial charge is 0.0654 e. The third kappa shape index (κ3) is 6.47. The highest BCUT2D eigenvalue weighted by Gasteiger charge is 2.46. The number of rotatable bonds is 16. The second-order valence-corrected chi connectivity index (χ2v) is 13.1. The van der Waals surface area contributed by atoms with Gasteiger partial charge < -0.3 is 0 Å². The van der Waals surface area contributed by atoms with Gasteiger partial charge in [-0.1, -0.05) is 153 Å². The van der Waals surface area contributed by atoms with Gasteiger partial charge in [-0.25, -0.2) is 0 Å². The Labute approximate surface area is 241 Å². The summed E-state index contributed by atoms with van der Waals surface area (Å²) in [6.07, 6.45) is 23.2. The maximum absolute atomic E-state index is 2.63. The molecule has 0 N–H and O–H groups in total. The molecule has 0 spiro atoms. The molecule has 2 atom stereocenters. The molecule has 212 valence electrons. The standard InChI is InChI=1S/C39H56/c1-7-11-13-15-21-29-23-17-25-33-35(29)27-31(19-9-3)37(33)39(5,6)38-32(20-10-4)28-36-30(22-16-14-12-8-2)24-18-26-34(36)38/h17-18,23-28,37-38H,7-16,19-22H2,1-6H3. The molecule has 0 fully saturated rings. The van der Waals surface area contributed by atoms with Gasteiger partial charge in [0.1, 0.15) is 0 Å². The van der Waals surface area contributed by atoms with Gasteiger partial charge in [-0.05, 0) is 77.3 Å². The fourth-order valence-corrected chi connectivity index (χ4v) is 7.91. The van der Waals surface area contributed by atoms with Crippen molar-refractivity contribution >= 4 is 12.2 Å². The van der Waals surface area contributed by atoms with E-state index in [9.17, 15) is 0 Å². The van der Waals surface area contributed by atoms with E-state index in [0.29, 0.717) is 11.8 Å². The molecule has 39 heavy (non-hydrogen) atoms. The van der Waals surface area contributed by atoms with Crippen LogP contribution in [-0.2, 0) is 12.8 Å². The monoisotopic (exact) mass is 524 g/mol. The zero-order chi connectivity index (χ0) is 27.8. The van der Waals surface area contributed by atoms with E-state index in [-0.39, 0.29) is 5.41 Å². The molecule has 0 heteroatoms. The molecule has 2 aromatic carbocycles. The van der Waals surface area contributed by atoms with Crippen molar-refractivity contribution < 1.29 is 0 Å². The number of benzene rings is 2. The van der Waals surface area contributed by atoms with Crippen LogP contribution >= 0.6 is 0 Å². The Hall–Kier alpha value is -2.08. The molecular formula is C39H56. The third-order valence-electron chi connectivity index (χ3n) is 9.65. The average Bonchev–Trinajstić information content (AvgIpc) is 3.49.